The van der Waals surface area contributed by atoms with Gasteiger partial charge in [-0.2, -0.15) is 0 Å². The fourth-order valence-electron chi connectivity index (χ4n) is 1.59. The molecule has 0 aliphatic carbocycles. The van der Waals surface area contributed by atoms with Crippen molar-refractivity contribution in [3.05, 3.63) is 0 Å². The molecule has 0 radical (unpaired) electrons. The molecule has 32 heavy (non-hydrogen) atoms. The molecular weight excluding hydrogens is 432 g/mol. The zero-order chi connectivity index (χ0) is 25.0. The molecule has 0 unspecified atom stereocenters. The van der Waals surface area contributed by atoms with E-state index in [4.69, 9.17) is 40.1 Å². The Morgan fingerprint density at radius 1 is 0.469 bits per heavy atom. The highest BCUT2D eigenvalue weighted by atomic mass is 16.5. The van der Waals surface area contributed by atoms with Crippen LogP contribution in [0.1, 0.15) is 64.2 Å². The van der Waals surface area contributed by atoms with Gasteiger partial charge in [-0.15, -0.1) is 0 Å². The number of hydrogen-bond acceptors (Lipinski definition) is 10. The maximum atomic E-state index is 11.2. The first-order chi connectivity index (χ1) is 15.2. The van der Waals surface area contributed by atoms with Gasteiger partial charge >= 0.3 is 23.9 Å². The Morgan fingerprint density at radius 3 is 1.00 bits per heavy atom. The number of aliphatic hydroxyl groups is 4. The van der Waals surface area contributed by atoms with Gasteiger partial charge in [-0.05, 0) is 38.5 Å². The van der Waals surface area contributed by atoms with E-state index >= 15 is 0 Å². The number of unbranched alkanes of at least 4 members (excludes halogenated alkanes) is 3. The highest BCUT2D eigenvalue weighted by Gasteiger charge is 2.08. The summed E-state index contributed by atoms with van der Waals surface area (Å²) in [5.41, 5.74) is 0. The van der Waals surface area contributed by atoms with Gasteiger partial charge in [-0.25, -0.2) is 0 Å². The second-order valence-corrected chi connectivity index (χ2v) is 6.24. The predicted octanol–water partition coefficient (Wildman–Crippen LogP) is 0.0850. The number of esters is 2. The third-order valence-electron chi connectivity index (χ3n) is 3.28. The van der Waals surface area contributed by atoms with Gasteiger partial charge in [0.15, 0.2) is 0 Å². The molecule has 0 aromatic heterocycles. The van der Waals surface area contributed by atoms with Gasteiger partial charge in [0.2, 0.25) is 0 Å². The van der Waals surface area contributed by atoms with Crippen LogP contribution in [0.25, 0.3) is 0 Å². The van der Waals surface area contributed by atoms with Crippen molar-refractivity contribution in [3.63, 3.8) is 0 Å². The van der Waals surface area contributed by atoms with E-state index in [0.717, 1.165) is 12.8 Å². The molecule has 0 aromatic carbocycles. The number of aliphatic carboxylic acids is 2. The normalized spacial score (nSPS) is 9.50. The van der Waals surface area contributed by atoms with Gasteiger partial charge in [0.1, 0.15) is 0 Å². The largest absolute Gasteiger partial charge is 0.481 e. The molecule has 0 saturated heterocycles. The summed E-state index contributed by atoms with van der Waals surface area (Å²) in [6, 6.07) is 0. The average molecular weight is 471 g/mol. The third kappa shape index (κ3) is 38.3. The smallest absolute Gasteiger partial charge is 0.306 e. The van der Waals surface area contributed by atoms with E-state index in [2.05, 4.69) is 0 Å². The molecule has 0 aliphatic rings. The van der Waals surface area contributed by atoms with E-state index in [-0.39, 0.29) is 65.3 Å². The standard InChI is InChI=1S/C12H22O6.C4H6O4.C4H10O2/c13-7-1-3-9-17-11(15)5-6-12(16)18-10-4-2-8-14;5-3(6)1-2-4(7)8;5-3-1-2-4-6/h13-14H,1-10H2;1-2H2,(H,5,6)(H,7,8);5-6H,1-4H2. The van der Waals surface area contributed by atoms with Gasteiger partial charge in [0.25, 0.3) is 0 Å². The second-order valence-electron chi connectivity index (χ2n) is 6.24. The molecule has 0 fully saturated rings. The van der Waals surface area contributed by atoms with Gasteiger partial charge in [-0.1, -0.05) is 0 Å². The maximum Gasteiger partial charge on any atom is 0.306 e. The molecule has 0 amide bonds. The van der Waals surface area contributed by atoms with Crippen LogP contribution in [0.3, 0.4) is 0 Å². The Morgan fingerprint density at radius 2 is 0.750 bits per heavy atom. The summed E-state index contributed by atoms with van der Waals surface area (Å²) >= 11 is 0. The number of carboxylic acid groups (broad SMARTS) is 2. The summed E-state index contributed by atoms with van der Waals surface area (Å²) < 4.78 is 9.69. The topological polar surface area (TPSA) is 208 Å². The lowest BCUT2D eigenvalue weighted by atomic mass is 10.3. The van der Waals surface area contributed by atoms with Crippen LogP contribution in [0.2, 0.25) is 0 Å². The molecule has 0 spiro atoms. The van der Waals surface area contributed by atoms with Crippen LogP contribution < -0.4 is 0 Å². The molecule has 12 nitrogen and oxygen atoms in total. The molecular formula is C20H38O12. The van der Waals surface area contributed by atoms with Crippen molar-refractivity contribution >= 4 is 23.9 Å². The summed E-state index contributed by atoms with van der Waals surface area (Å²) in [5.74, 6) is -3.01. The van der Waals surface area contributed by atoms with Crippen molar-refractivity contribution in [2.75, 3.05) is 39.6 Å². The zero-order valence-corrected chi connectivity index (χ0v) is 18.4. The van der Waals surface area contributed by atoms with E-state index in [1.807, 2.05) is 0 Å². The van der Waals surface area contributed by atoms with Crippen molar-refractivity contribution < 1.29 is 59.3 Å². The fraction of sp³-hybridized carbons (Fsp3) is 0.800. The average Bonchev–Trinajstić information content (AvgIpc) is 2.76. The van der Waals surface area contributed by atoms with E-state index in [1.165, 1.54) is 0 Å². The van der Waals surface area contributed by atoms with Gasteiger partial charge in [0.05, 0.1) is 38.9 Å². The minimum absolute atomic E-state index is 0.0119. The number of carbonyl (C=O) groups excluding carboxylic acids is 2. The van der Waals surface area contributed by atoms with E-state index in [1.54, 1.807) is 0 Å². The van der Waals surface area contributed by atoms with Crippen LogP contribution in [-0.4, -0.2) is 94.2 Å². The number of carboxylic acids is 2. The maximum absolute atomic E-state index is 11.2. The molecule has 0 rings (SSSR count). The zero-order valence-electron chi connectivity index (χ0n) is 18.4. The van der Waals surface area contributed by atoms with Crippen molar-refractivity contribution in [2.24, 2.45) is 0 Å². The number of carbonyl (C=O) groups is 4. The quantitative estimate of drug-likeness (QED) is 0.123. The van der Waals surface area contributed by atoms with Crippen LogP contribution in [-0.2, 0) is 28.7 Å². The molecule has 0 saturated carbocycles. The predicted molar refractivity (Wildman–Crippen MR) is 112 cm³/mol. The van der Waals surface area contributed by atoms with Crippen LogP contribution in [0.5, 0.6) is 0 Å². The van der Waals surface area contributed by atoms with Crippen molar-refractivity contribution in [1.29, 1.82) is 0 Å². The Balaban J connectivity index is -0.000000492. The first kappa shape index (κ1) is 34.3. The Hall–Kier alpha value is -2.28. The van der Waals surface area contributed by atoms with Gasteiger partial charge in [0, 0.05) is 26.4 Å². The summed E-state index contributed by atoms with van der Waals surface area (Å²) in [4.78, 5) is 41.6. The number of ether oxygens (including phenoxy) is 2. The third-order valence-corrected chi connectivity index (χ3v) is 3.28. The van der Waals surface area contributed by atoms with Crippen LogP contribution >= 0.6 is 0 Å². The van der Waals surface area contributed by atoms with Crippen LogP contribution in [0.4, 0.5) is 0 Å². The van der Waals surface area contributed by atoms with E-state index in [0.29, 0.717) is 25.7 Å². The molecule has 0 heterocycles. The number of hydrogen-bond donors (Lipinski definition) is 6. The monoisotopic (exact) mass is 470 g/mol. The second kappa shape index (κ2) is 28.7. The molecule has 12 heteroatoms. The highest BCUT2D eigenvalue weighted by molar-refractivity contribution is 5.77. The summed E-state index contributed by atoms with van der Waals surface area (Å²) in [6.07, 6.45) is 3.30. The van der Waals surface area contributed by atoms with Gasteiger partial charge < -0.3 is 40.1 Å². The molecule has 0 aromatic rings. The van der Waals surface area contributed by atoms with Gasteiger partial charge in [-0.3, -0.25) is 19.2 Å². The van der Waals surface area contributed by atoms with E-state index < -0.39 is 23.9 Å². The first-order valence-corrected chi connectivity index (χ1v) is 10.4. The summed E-state index contributed by atoms with van der Waals surface area (Å²) in [5, 5.41) is 49.0. The van der Waals surface area contributed by atoms with Crippen LogP contribution in [0.15, 0.2) is 0 Å². The van der Waals surface area contributed by atoms with Crippen molar-refractivity contribution in [1.82, 2.24) is 0 Å². The number of rotatable bonds is 17. The SMILES string of the molecule is O=C(CCC(=O)OCCCCO)OCCCCO.O=C(O)CCC(=O)O.OCCCCO. The Kier molecular flexibility index (Phi) is 30.8. The Labute approximate surface area is 187 Å². The highest BCUT2D eigenvalue weighted by Crippen LogP contribution is 1.99. The lowest BCUT2D eigenvalue weighted by Gasteiger charge is -2.05. The van der Waals surface area contributed by atoms with Crippen LogP contribution in [0, 0.1) is 0 Å². The molecule has 0 bridgehead atoms. The van der Waals surface area contributed by atoms with Crippen molar-refractivity contribution in [3.8, 4) is 0 Å². The lowest BCUT2D eigenvalue weighted by molar-refractivity contribution is -0.150. The minimum atomic E-state index is -1.08. The van der Waals surface area contributed by atoms with E-state index in [9.17, 15) is 19.2 Å². The van der Waals surface area contributed by atoms with Crippen molar-refractivity contribution in [2.45, 2.75) is 64.2 Å². The lowest BCUT2D eigenvalue weighted by Crippen LogP contribution is -2.11. The molecule has 0 aliphatic heterocycles. The Bertz CT molecular complexity index is 425. The summed E-state index contributed by atoms with van der Waals surface area (Å²) in [6.45, 7) is 1.09. The molecule has 6 N–H and O–H groups in total. The summed E-state index contributed by atoms with van der Waals surface area (Å²) in [7, 11) is 0. The fourth-order valence-corrected chi connectivity index (χ4v) is 1.59. The first-order valence-electron chi connectivity index (χ1n) is 10.4. The minimum Gasteiger partial charge on any atom is -0.481 e. The molecule has 190 valence electrons. The number of aliphatic hydroxyl groups excluding tert-OH is 4. The molecule has 0 atom stereocenters.